The number of hydrogen-bond acceptors (Lipinski definition) is 4. The summed E-state index contributed by atoms with van der Waals surface area (Å²) in [6.45, 7) is 0. The average molecular weight is 224 g/mol. The predicted octanol–water partition coefficient (Wildman–Crippen LogP) is 2.38. The summed E-state index contributed by atoms with van der Waals surface area (Å²) in [4.78, 5) is 14.0. The van der Waals surface area contributed by atoms with E-state index in [-0.39, 0.29) is 10.8 Å². The number of nitrogens with zero attached hydrogens (tertiary/aromatic N) is 2. The third kappa shape index (κ3) is 1.69. The Balaban J connectivity index is 2.72. The van der Waals surface area contributed by atoms with Crippen LogP contribution < -0.4 is 5.73 Å². The number of nitro groups is 1. The number of aromatic nitrogens is 1. The Morgan fingerprint density at radius 3 is 2.80 bits per heavy atom. The van der Waals surface area contributed by atoms with Gasteiger partial charge in [-0.3, -0.25) is 10.1 Å². The van der Waals surface area contributed by atoms with E-state index >= 15 is 0 Å². The molecule has 0 atom stereocenters. The number of fused-ring (bicyclic) bond motifs is 1. The van der Waals surface area contributed by atoms with Gasteiger partial charge in [0.1, 0.15) is 0 Å². The van der Waals surface area contributed by atoms with Gasteiger partial charge in [-0.05, 0) is 12.1 Å². The van der Waals surface area contributed by atoms with Crippen molar-refractivity contribution in [2.45, 2.75) is 0 Å². The van der Waals surface area contributed by atoms with Crippen molar-refractivity contribution in [2.75, 3.05) is 5.73 Å². The van der Waals surface area contributed by atoms with Gasteiger partial charge in [0, 0.05) is 17.5 Å². The van der Waals surface area contributed by atoms with E-state index in [0.717, 1.165) is 5.39 Å². The summed E-state index contributed by atoms with van der Waals surface area (Å²) in [6.07, 6.45) is 0. The summed E-state index contributed by atoms with van der Waals surface area (Å²) in [5, 5.41) is 11.4. The lowest BCUT2D eigenvalue weighted by Gasteiger charge is -2.00. The maximum absolute atomic E-state index is 10.5. The molecule has 0 spiro atoms. The van der Waals surface area contributed by atoms with Gasteiger partial charge in [0.2, 0.25) is 0 Å². The van der Waals surface area contributed by atoms with Gasteiger partial charge in [-0.15, -0.1) is 0 Å². The molecule has 0 aliphatic heterocycles. The summed E-state index contributed by atoms with van der Waals surface area (Å²) >= 11 is 5.71. The first-order valence-corrected chi connectivity index (χ1v) is 4.46. The average Bonchev–Trinajstić information content (AvgIpc) is 2.19. The van der Waals surface area contributed by atoms with Crippen molar-refractivity contribution in [3.63, 3.8) is 0 Å². The molecule has 2 rings (SSSR count). The fraction of sp³-hybridized carbons (Fsp3) is 0. The second-order valence-corrected chi connectivity index (χ2v) is 3.36. The molecule has 2 N–H and O–H groups in total. The quantitative estimate of drug-likeness (QED) is 0.457. The van der Waals surface area contributed by atoms with Crippen molar-refractivity contribution >= 4 is 33.9 Å². The van der Waals surface area contributed by atoms with Crippen LogP contribution in [0.4, 0.5) is 11.4 Å². The maximum atomic E-state index is 10.5. The minimum absolute atomic E-state index is 0.0177. The summed E-state index contributed by atoms with van der Waals surface area (Å²) < 4.78 is 0. The van der Waals surface area contributed by atoms with Crippen molar-refractivity contribution < 1.29 is 4.92 Å². The van der Waals surface area contributed by atoms with Crippen LogP contribution in [0.15, 0.2) is 24.3 Å². The minimum Gasteiger partial charge on any atom is -0.396 e. The second-order valence-electron chi connectivity index (χ2n) is 3.00. The molecule has 0 amide bonds. The van der Waals surface area contributed by atoms with Crippen molar-refractivity contribution in [2.24, 2.45) is 0 Å². The van der Waals surface area contributed by atoms with Crippen LogP contribution >= 0.6 is 11.6 Å². The highest BCUT2D eigenvalue weighted by Gasteiger charge is 2.08. The van der Waals surface area contributed by atoms with Crippen LogP contribution in [-0.2, 0) is 0 Å². The van der Waals surface area contributed by atoms with E-state index in [4.69, 9.17) is 17.3 Å². The number of nitrogens with two attached hydrogens (primary N) is 1. The normalized spacial score (nSPS) is 10.5. The van der Waals surface area contributed by atoms with Gasteiger partial charge in [0.15, 0.2) is 5.15 Å². The largest absolute Gasteiger partial charge is 0.396 e. The number of halogens is 1. The molecule has 2 aromatic rings. The van der Waals surface area contributed by atoms with E-state index in [9.17, 15) is 10.1 Å². The Bertz CT molecular complexity index is 556. The predicted molar refractivity (Wildman–Crippen MR) is 57.8 cm³/mol. The molecule has 0 saturated carbocycles. The zero-order valence-corrected chi connectivity index (χ0v) is 8.23. The molecule has 6 heteroatoms. The summed E-state index contributed by atoms with van der Waals surface area (Å²) in [5.41, 5.74) is 6.36. The molecule has 15 heavy (non-hydrogen) atoms. The number of hydrogen-bond donors (Lipinski definition) is 1. The molecule has 0 radical (unpaired) electrons. The molecular formula is C9H6ClN3O2. The van der Waals surface area contributed by atoms with Gasteiger partial charge in [0.05, 0.1) is 16.1 Å². The molecule has 1 heterocycles. The fourth-order valence-corrected chi connectivity index (χ4v) is 1.41. The molecule has 0 fully saturated rings. The highest BCUT2D eigenvalue weighted by Crippen LogP contribution is 2.25. The molecule has 0 bridgehead atoms. The number of benzene rings is 1. The maximum Gasteiger partial charge on any atom is 0.271 e. The Labute approximate surface area is 89.6 Å². The SMILES string of the molecule is Nc1cc2ccc([N+](=O)[O-])cc2nc1Cl. The highest BCUT2D eigenvalue weighted by molar-refractivity contribution is 6.32. The van der Waals surface area contributed by atoms with Crippen molar-refractivity contribution in [3.8, 4) is 0 Å². The number of anilines is 1. The van der Waals surface area contributed by atoms with E-state index < -0.39 is 4.92 Å². The molecule has 5 nitrogen and oxygen atoms in total. The Morgan fingerprint density at radius 2 is 2.13 bits per heavy atom. The Morgan fingerprint density at radius 1 is 1.40 bits per heavy atom. The smallest absolute Gasteiger partial charge is 0.271 e. The summed E-state index contributed by atoms with van der Waals surface area (Å²) in [5.74, 6) is 0. The first-order valence-electron chi connectivity index (χ1n) is 4.08. The van der Waals surface area contributed by atoms with Crippen LogP contribution in [0.3, 0.4) is 0 Å². The van der Waals surface area contributed by atoms with Gasteiger partial charge in [-0.2, -0.15) is 0 Å². The van der Waals surface area contributed by atoms with E-state index in [0.29, 0.717) is 11.2 Å². The molecule has 0 unspecified atom stereocenters. The number of non-ortho nitro benzene ring substituents is 1. The van der Waals surface area contributed by atoms with Crippen LogP contribution in [0.1, 0.15) is 0 Å². The topological polar surface area (TPSA) is 82.0 Å². The molecule has 0 aliphatic rings. The number of nitrogen functional groups attached to an aromatic ring is 1. The Hall–Kier alpha value is -1.88. The second kappa shape index (κ2) is 3.36. The van der Waals surface area contributed by atoms with Crippen LogP contribution in [0.2, 0.25) is 5.15 Å². The van der Waals surface area contributed by atoms with Crippen LogP contribution in [0.5, 0.6) is 0 Å². The molecule has 1 aromatic carbocycles. The first-order chi connectivity index (χ1) is 7.08. The lowest BCUT2D eigenvalue weighted by atomic mass is 10.2. The molecule has 0 aliphatic carbocycles. The summed E-state index contributed by atoms with van der Waals surface area (Å²) in [7, 11) is 0. The zero-order valence-electron chi connectivity index (χ0n) is 7.48. The molecule has 0 saturated heterocycles. The zero-order chi connectivity index (χ0) is 11.0. The lowest BCUT2D eigenvalue weighted by molar-refractivity contribution is -0.384. The third-order valence-corrected chi connectivity index (χ3v) is 2.30. The number of pyridine rings is 1. The van der Waals surface area contributed by atoms with Gasteiger partial charge in [-0.1, -0.05) is 11.6 Å². The standard InChI is InChI=1S/C9H6ClN3O2/c10-9-7(11)3-5-1-2-6(13(14)15)4-8(5)12-9/h1-4H,11H2. The Kier molecular flexibility index (Phi) is 2.17. The van der Waals surface area contributed by atoms with E-state index in [1.807, 2.05) is 0 Å². The highest BCUT2D eigenvalue weighted by atomic mass is 35.5. The number of nitro benzene ring substituents is 1. The lowest BCUT2D eigenvalue weighted by Crippen LogP contribution is -1.92. The van der Waals surface area contributed by atoms with Crippen LogP contribution in [-0.4, -0.2) is 9.91 Å². The van der Waals surface area contributed by atoms with E-state index in [1.54, 1.807) is 12.1 Å². The minimum atomic E-state index is -0.481. The molecular weight excluding hydrogens is 218 g/mol. The van der Waals surface area contributed by atoms with Crippen molar-refractivity contribution in [1.82, 2.24) is 4.98 Å². The van der Waals surface area contributed by atoms with Crippen LogP contribution in [0.25, 0.3) is 10.9 Å². The van der Waals surface area contributed by atoms with Crippen molar-refractivity contribution in [3.05, 3.63) is 39.5 Å². The van der Waals surface area contributed by atoms with E-state index in [1.165, 1.54) is 12.1 Å². The fourth-order valence-electron chi connectivity index (χ4n) is 1.26. The monoisotopic (exact) mass is 223 g/mol. The first kappa shape index (κ1) is 9.67. The van der Waals surface area contributed by atoms with Gasteiger partial charge >= 0.3 is 0 Å². The van der Waals surface area contributed by atoms with Gasteiger partial charge < -0.3 is 5.73 Å². The molecule has 76 valence electrons. The van der Waals surface area contributed by atoms with Crippen LogP contribution in [0, 0.1) is 10.1 Å². The molecule has 1 aromatic heterocycles. The summed E-state index contributed by atoms with van der Waals surface area (Å²) in [6, 6.07) is 5.99. The van der Waals surface area contributed by atoms with Crippen molar-refractivity contribution in [1.29, 1.82) is 0 Å². The van der Waals surface area contributed by atoms with E-state index in [2.05, 4.69) is 4.98 Å². The van der Waals surface area contributed by atoms with Gasteiger partial charge in [-0.25, -0.2) is 4.98 Å². The van der Waals surface area contributed by atoms with Gasteiger partial charge in [0.25, 0.3) is 5.69 Å². The third-order valence-electron chi connectivity index (χ3n) is 1.99. The number of rotatable bonds is 1.